The summed E-state index contributed by atoms with van der Waals surface area (Å²) in [6.45, 7) is 0.00626. The molecule has 1 rings (SSSR count). The normalized spacial score (nSPS) is 13.5. The Hall–Kier alpha value is -1.27. The van der Waals surface area contributed by atoms with Crippen molar-refractivity contribution in [3.8, 4) is 5.75 Å². The van der Waals surface area contributed by atoms with Crippen LogP contribution in [0.25, 0.3) is 0 Å². The molecule has 6 heteroatoms. The summed E-state index contributed by atoms with van der Waals surface area (Å²) in [5.74, 6) is -0.250. The first-order valence-corrected chi connectivity index (χ1v) is 5.10. The molecule has 0 fully saturated rings. The first kappa shape index (κ1) is 13.8. The van der Waals surface area contributed by atoms with E-state index in [0.29, 0.717) is 6.42 Å². The van der Waals surface area contributed by atoms with Crippen LogP contribution in [0.4, 0.5) is 13.2 Å². The Balaban J connectivity index is 2.73. The van der Waals surface area contributed by atoms with Crippen LogP contribution >= 0.6 is 0 Å². The van der Waals surface area contributed by atoms with Crippen LogP contribution < -0.4 is 10.1 Å². The molecule has 96 valence electrons. The zero-order valence-corrected chi connectivity index (χ0v) is 9.29. The Labute approximate surface area is 97.2 Å². The summed E-state index contributed by atoms with van der Waals surface area (Å²) in [4.78, 5) is 0. The number of aliphatic hydroxyl groups excluding tert-OH is 1. The molecule has 1 aromatic carbocycles. The van der Waals surface area contributed by atoms with Crippen LogP contribution in [0.3, 0.4) is 0 Å². The molecule has 1 atom stereocenters. The largest absolute Gasteiger partial charge is 0.573 e. The molecule has 1 aromatic rings. The van der Waals surface area contributed by atoms with Crippen LogP contribution in [0, 0.1) is 0 Å². The van der Waals surface area contributed by atoms with Gasteiger partial charge in [-0.3, -0.25) is 0 Å². The van der Waals surface area contributed by atoms with Crippen molar-refractivity contribution >= 4 is 0 Å². The Kier molecular flexibility index (Phi) is 4.77. The van der Waals surface area contributed by atoms with Gasteiger partial charge in [-0.2, -0.15) is 0 Å². The van der Waals surface area contributed by atoms with Crippen molar-refractivity contribution in [1.29, 1.82) is 0 Å². The molecule has 2 N–H and O–H groups in total. The zero-order chi connectivity index (χ0) is 12.9. The topological polar surface area (TPSA) is 41.5 Å². The molecule has 0 aliphatic carbocycles. The number of hydrogen-bond donors (Lipinski definition) is 2. The lowest BCUT2D eigenvalue weighted by Gasteiger charge is -2.16. The van der Waals surface area contributed by atoms with Gasteiger partial charge in [-0.1, -0.05) is 12.1 Å². The third-order valence-corrected chi connectivity index (χ3v) is 2.28. The van der Waals surface area contributed by atoms with E-state index in [-0.39, 0.29) is 18.4 Å². The number of hydrogen-bond acceptors (Lipinski definition) is 3. The molecule has 0 aliphatic heterocycles. The molecule has 0 spiro atoms. The molecule has 0 saturated heterocycles. The second kappa shape index (κ2) is 5.88. The van der Waals surface area contributed by atoms with Gasteiger partial charge in [0, 0.05) is 12.6 Å². The van der Waals surface area contributed by atoms with Gasteiger partial charge in [-0.15, -0.1) is 13.2 Å². The number of benzene rings is 1. The standard InChI is InChI=1S/C11H14F3NO2/c1-15-10(6-7-16)8-2-4-9(5-3-8)17-11(12,13)14/h2-5,10,15-16H,6-7H2,1H3. The number of alkyl halides is 3. The lowest BCUT2D eigenvalue weighted by Crippen LogP contribution is -2.18. The van der Waals surface area contributed by atoms with Crippen molar-refractivity contribution < 1.29 is 23.0 Å². The van der Waals surface area contributed by atoms with E-state index in [9.17, 15) is 13.2 Å². The highest BCUT2D eigenvalue weighted by Gasteiger charge is 2.31. The van der Waals surface area contributed by atoms with Crippen molar-refractivity contribution in [3.63, 3.8) is 0 Å². The predicted molar refractivity (Wildman–Crippen MR) is 56.6 cm³/mol. The molecule has 0 saturated carbocycles. The maximum absolute atomic E-state index is 11.9. The van der Waals surface area contributed by atoms with Crippen molar-refractivity contribution in [3.05, 3.63) is 29.8 Å². The Morgan fingerprint density at radius 1 is 1.29 bits per heavy atom. The fourth-order valence-electron chi connectivity index (χ4n) is 1.51. The van der Waals surface area contributed by atoms with E-state index in [4.69, 9.17) is 5.11 Å². The average molecular weight is 249 g/mol. The second-order valence-corrected chi connectivity index (χ2v) is 3.47. The van der Waals surface area contributed by atoms with Crippen molar-refractivity contribution in [2.24, 2.45) is 0 Å². The second-order valence-electron chi connectivity index (χ2n) is 3.47. The lowest BCUT2D eigenvalue weighted by molar-refractivity contribution is -0.274. The van der Waals surface area contributed by atoms with Crippen LogP contribution in [0.15, 0.2) is 24.3 Å². The molecule has 1 unspecified atom stereocenters. The van der Waals surface area contributed by atoms with E-state index in [1.54, 1.807) is 7.05 Å². The third-order valence-electron chi connectivity index (χ3n) is 2.28. The number of nitrogens with one attached hydrogen (secondary N) is 1. The number of halogens is 3. The molecule has 0 radical (unpaired) electrons. The molecule has 0 bridgehead atoms. The fourth-order valence-corrected chi connectivity index (χ4v) is 1.51. The van der Waals surface area contributed by atoms with Crippen molar-refractivity contribution in [2.45, 2.75) is 18.8 Å². The summed E-state index contributed by atoms with van der Waals surface area (Å²) in [5, 5.41) is 11.8. The first-order valence-electron chi connectivity index (χ1n) is 5.10. The number of aliphatic hydroxyl groups is 1. The van der Waals surface area contributed by atoms with Gasteiger partial charge in [-0.25, -0.2) is 0 Å². The van der Waals surface area contributed by atoms with Gasteiger partial charge < -0.3 is 15.2 Å². The summed E-state index contributed by atoms with van der Waals surface area (Å²) in [5.41, 5.74) is 0.802. The van der Waals surface area contributed by atoms with Gasteiger partial charge >= 0.3 is 6.36 Å². The van der Waals surface area contributed by atoms with Crippen LogP contribution in [0.2, 0.25) is 0 Å². The Bertz CT molecular complexity index is 338. The maximum atomic E-state index is 11.9. The third kappa shape index (κ3) is 4.62. The minimum atomic E-state index is -4.67. The van der Waals surface area contributed by atoms with Gasteiger partial charge in [0.2, 0.25) is 0 Å². The number of ether oxygens (including phenoxy) is 1. The minimum absolute atomic E-state index is 0.00626. The van der Waals surface area contributed by atoms with Gasteiger partial charge in [0.1, 0.15) is 5.75 Å². The summed E-state index contributed by atoms with van der Waals surface area (Å²) in [7, 11) is 1.72. The highest BCUT2D eigenvalue weighted by Crippen LogP contribution is 2.25. The molecular weight excluding hydrogens is 235 g/mol. The van der Waals surface area contributed by atoms with Crippen molar-refractivity contribution in [1.82, 2.24) is 5.32 Å². The van der Waals surface area contributed by atoms with Gasteiger partial charge in [0.05, 0.1) is 0 Å². The first-order chi connectivity index (χ1) is 7.96. The minimum Gasteiger partial charge on any atom is -0.406 e. The Morgan fingerprint density at radius 3 is 2.29 bits per heavy atom. The highest BCUT2D eigenvalue weighted by molar-refractivity contribution is 5.29. The van der Waals surface area contributed by atoms with E-state index in [2.05, 4.69) is 10.1 Å². The summed E-state index contributed by atoms with van der Waals surface area (Å²) >= 11 is 0. The molecule has 0 aliphatic rings. The molecule has 3 nitrogen and oxygen atoms in total. The highest BCUT2D eigenvalue weighted by atomic mass is 19.4. The predicted octanol–water partition coefficient (Wildman–Crippen LogP) is 2.23. The van der Waals surface area contributed by atoms with Gasteiger partial charge in [0.25, 0.3) is 0 Å². The summed E-state index contributed by atoms with van der Waals surface area (Å²) in [6.07, 6.45) is -4.18. The molecule has 0 amide bonds. The summed E-state index contributed by atoms with van der Waals surface area (Å²) < 4.78 is 39.5. The monoisotopic (exact) mass is 249 g/mol. The maximum Gasteiger partial charge on any atom is 0.573 e. The van der Waals surface area contributed by atoms with E-state index in [1.807, 2.05) is 0 Å². The van der Waals surface area contributed by atoms with Gasteiger partial charge in [-0.05, 0) is 31.2 Å². The molecule has 0 aromatic heterocycles. The van der Waals surface area contributed by atoms with Crippen LogP contribution in [-0.4, -0.2) is 25.1 Å². The van der Waals surface area contributed by atoms with Crippen LogP contribution in [0.5, 0.6) is 5.75 Å². The zero-order valence-electron chi connectivity index (χ0n) is 9.29. The molecule has 17 heavy (non-hydrogen) atoms. The average Bonchev–Trinajstić information content (AvgIpc) is 2.25. The van der Waals surface area contributed by atoms with E-state index >= 15 is 0 Å². The van der Waals surface area contributed by atoms with Gasteiger partial charge in [0.15, 0.2) is 0 Å². The van der Waals surface area contributed by atoms with Crippen LogP contribution in [0.1, 0.15) is 18.0 Å². The molecular formula is C11H14F3NO2. The fraction of sp³-hybridized carbons (Fsp3) is 0.455. The smallest absolute Gasteiger partial charge is 0.406 e. The van der Waals surface area contributed by atoms with E-state index < -0.39 is 6.36 Å². The van der Waals surface area contributed by atoms with E-state index in [1.165, 1.54) is 24.3 Å². The lowest BCUT2D eigenvalue weighted by atomic mass is 10.0. The van der Waals surface area contributed by atoms with E-state index in [0.717, 1.165) is 5.56 Å². The SMILES string of the molecule is CNC(CCO)c1ccc(OC(F)(F)F)cc1. The Morgan fingerprint density at radius 2 is 1.88 bits per heavy atom. The summed E-state index contributed by atoms with van der Waals surface area (Å²) in [6, 6.07) is 5.50. The van der Waals surface area contributed by atoms with Crippen molar-refractivity contribution in [2.75, 3.05) is 13.7 Å². The molecule has 0 heterocycles. The van der Waals surface area contributed by atoms with Crippen LogP contribution in [-0.2, 0) is 0 Å². The number of rotatable bonds is 5. The quantitative estimate of drug-likeness (QED) is 0.840.